The molecule has 0 aliphatic carbocycles. The van der Waals surface area contributed by atoms with E-state index in [-0.39, 0.29) is 60.7 Å². The summed E-state index contributed by atoms with van der Waals surface area (Å²) in [7, 11) is 1.56. The van der Waals surface area contributed by atoms with Gasteiger partial charge in [-0.05, 0) is 57.7 Å². The van der Waals surface area contributed by atoms with E-state index in [9.17, 15) is 9.59 Å². The highest BCUT2D eigenvalue weighted by molar-refractivity contribution is 6.34. The Balaban J connectivity index is 1.53. The molecular formula is C35H39ClF2N2O7. The Kier molecular flexibility index (Phi) is 10.3. The number of carbonyl (C=O) groups excluding carboxylic acids is 2. The Bertz CT molecular complexity index is 1630. The Labute approximate surface area is 277 Å². The third kappa shape index (κ3) is 7.63. The third-order valence-corrected chi connectivity index (χ3v) is 8.33. The molecule has 2 atom stereocenters. The van der Waals surface area contributed by atoms with Crippen LogP contribution in [0.1, 0.15) is 61.5 Å². The lowest BCUT2D eigenvalue weighted by Crippen LogP contribution is -2.46. The van der Waals surface area contributed by atoms with Gasteiger partial charge < -0.3 is 34.3 Å². The Morgan fingerprint density at radius 3 is 2.49 bits per heavy atom. The van der Waals surface area contributed by atoms with E-state index in [1.165, 1.54) is 17.0 Å². The molecule has 2 aliphatic rings. The van der Waals surface area contributed by atoms with Gasteiger partial charge in [0.1, 0.15) is 23.8 Å². The first-order valence-electron chi connectivity index (χ1n) is 15.5. The SMILES string of the molecule is CN(C[C@@]1(c2ccccc2)Cc2c(cc(F)c(Cl)c2-c2c(C(N)=O)ccc(OCCO[C@H]3CCCCO3)c2F)O1)C(=O)OC(C)(C)C. The maximum Gasteiger partial charge on any atom is 0.410 e. The van der Waals surface area contributed by atoms with Crippen LogP contribution in [0.5, 0.6) is 11.5 Å². The Hall–Kier alpha value is -3.93. The number of fused-ring (bicyclic) bond motifs is 1. The fourth-order valence-corrected chi connectivity index (χ4v) is 6.12. The van der Waals surface area contributed by atoms with Crippen molar-refractivity contribution in [1.82, 2.24) is 4.90 Å². The predicted octanol–water partition coefficient (Wildman–Crippen LogP) is 7.00. The summed E-state index contributed by atoms with van der Waals surface area (Å²) in [5.74, 6) is -2.93. The number of halogens is 3. The molecule has 5 rings (SSSR count). The van der Waals surface area contributed by atoms with E-state index < -0.39 is 39.9 Å². The van der Waals surface area contributed by atoms with Gasteiger partial charge in [0.2, 0.25) is 5.91 Å². The van der Waals surface area contributed by atoms with Crippen LogP contribution in [0.15, 0.2) is 48.5 Å². The first kappa shape index (κ1) is 34.4. The van der Waals surface area contributed by atoms with Crippen molar-refractivity contribution in [3.8, 4) is 22.6 Å². The van der Waals surface area contributed by atoms with Gasteiger partial charge in [0.15, 0.2) is 23.5 Å². The van der Waals surface area contributed by atoms with Crippen molar-refractivity contribution in [3.63, 3.8) is 0 Å². The van der Waals surface area contributed by atoms with Crippen molar-refractivity contribution in [1.29, 1.82) is 0 Å². The molecule has 1 saturated heterocycles. The number of likely N-dealkylation sites (N-methyl/N-ethyl adjacent to an activating group) is 1. The van der Waals surface area contributed by atoms with Crippen molar-refractivity contribution in [2.45, 2.75) is 63.9 Å². The largest absolute Gasteiger partial charge is 0.488 e. The number of hydrogen-bond donors (Lipinski definition) is 1. The molecule has 12 heteroatoms. The molecule has 9 nitrogen and oxygen atoms in total. The summed E-state index contributed by atoms with van der Waals surface area (Å²) in [4.78, 5) is 27.0. The molecule has 0 saturated carbocycles. The highest BCUT2D eigenvalue weighted by atomic mass is 35.5. The van der Waals surface area contributed by atoms with Crippen LogP contribution in [-0.2, 0) is 26.2 Å². The quantitative estimate of drug-likeness (QED) is 0.231. The van der Waals surface area contributed by atoms with Gasteiger partial charge in [-0.3, -0.25) is 4.79 Å². The van der Waals surface area contributed by atoms with E-state index in [2.05, 4.69) is 0 Å². The highest BCUT2D eigenvalue weighted by Gasteiger charge is 2.46. The van der Waals surface area contributed by atoms with Gasteiger partial charge in [0.25, 0.3) is 0 Å². The second kappa shape index (κ2) is 14.0. The number of benzene rings is 3. The average molecular weight is 673 g/mol. The minimum Gasteiger partial charge on any atom is -0.488 e. The molecule has 3 aromatic carbocycles. The monoisotopic (exact) mass is 672 g/mol. The van der Waals surface area contributed by atoms with Crippen LogP contribution < -0.4 is 15.2 Å². The van der Waals surface area contributed by atoms with Crippen molar-refractivity contribution < 1.29 is 42.1 Å². The standard InChI is InChI=1S/C35H39ClF2N2O7/c1-34(2,3)47-33(42)40(4)20-35(21-10-6-5-7-11-21)19-23-26(46-35)18-24(37)30(36)28(23)29-22(32(39)41)13-14-25(31(29)38)43-16-17-45-27-12-8-9-15-44-27/h5-7,10-11,13-14,18,27H,8-9,12,15-17,19-20H2,1-4H3,(H2,39,41)/t27-,35+/m0/s1. The van der Waals surface area contributed by atoms with E-state index >= 15 is 8.78 Å². The van der Waals surface area contributed by atoms with E-state index in [1.807, 2.05) is 18.2 Å². The molecule has 0 spiro atoms. The summed E-state index contributed by atoms with van der Waals surface area (Å²) in [5, 5.41) is -0.423. The number of nitrogens with zero attached hydrogens (tertiary/aromatic N) is 1. The number of amides is 2. The summed E-state index contributed by atoms with van der Waals surface area (Å²) < 4.78 is 61.0. The molecule has 47 heavy (non-hydrogen) atoms. The minimum absolute atomic E-state index is 0.0155. The van der Waals surface area contributed by atoms with Crippen LogP contribution in [0.4, 0.5) is 13.6 Å². The molecule has 2 heterocycles. The number of ether oxygens (including phenoxy) is 5. The smallest absolute Gasteiger partial charge is 0.410 e. The molecule has 2 amide bonds. The normalized spacial score (nSPS) is 19.1. The second-order valence-corrected chi connectivity index (χ2v) is 13.1. The zero-order valence-corrected chi connectivity index (χ0v) is 27.6. The number of hydrogen-bond acceptors (Lipinski definition) is 7. The van der Waals surface area contributed by atoms with E-state index in [1.54, 1.807) is 40.0 Å². The molecule has 0 unspecified atom stereocenters. The lowest BCUT2D eigenvalue weighted by molar-refractivity contribution is -0.165. The van der Waals surface area contributed by atoms with E-state index in [0.29, 0.717) is 17.7 Å². The first-order valence-corrected chi connectivity index (χ1v) is 15.9. The molecule has 3 aromatic rings. The fourth-order valence-electron chi connectivity index (χ4n) is 5.86. The Morgan fingerprint density at radius 1 is 1.09 bits per heavy atom. The number of nitrogens with two attached hydrogens (primary N) is 1. The van der Waals surface area contributed by atoms with Gasteiger partial charge in [0, 0.05) is 42.8 Å². The minimum atomic E-state index is -1.25. The van der Waals surface area contributed by atoms with Crippen LogP contribution in [0.3, 0.4) is 0 Å². The highest BCUT2D eigenvalue weighted by Crippen LogP contribution is 2.51. The number of rotatable bonds is 10. The van der Waals surface area contributed by atoms with Crippen molar-refractivity contribution in [2.24, 2.45) is 5.73 Å². The van der Waals surface area contributed by atoms with Crippen molar-refractivity contribution in [2.75, 3.05) is 33.4 Å². The molecule has 1 fully saturated rings. The average Bonchev–Trinajstić information content (AvgIpc) is 3.39. The number of primary amides is 1. The molecular weight excluding hydrogens is 634 g/mol. The van der Waals surface area contributed by atoms with Crippen LogP contribution in [0.25, 0.3) is 11.1 Å². The lowest BCUT2D eigenvalue weighted by Gasteiger charge is -2.34. The topological polar surface area (TPSA) is 110 Å². The van der Waals surface area contributed by atoms with Crippen LogP contribution in [0.2, 0.25) is 5.02 Å². The molecule has 252 valence electrons. The summed E-state index contributed by atoms with van der Waals surface area (Å²) in [6, 6.07) is 12.8. The maximum absolute atomic E-state index is 16.4. The van der Waals surface area contributed by atoms with Crippen molar-refractivity contribution >= 4 is 23.6 Å². The number of carbonyl (C=O) groups is 2. The third-order valence-electron chi connectivity index (χ3n) is 7.96. The van der Waals surface area contributed by atoms with E-state index in [4.69, 9.17) is 41.0 Å². The molecule has 2 aliphatic heterocycles. The lowest BCUT2D eigenvalue weighted by atomic mass is 9.85. The van der Waals surface area contributed by atoms with Crippen molar-refractivity contribution in [3.05, 3.63) is 81.9 Å². The van der Waals surface area contributed by atoms with Gasteiger partial charge in [-0.25, -0.2) is 13.6 Å². The van der Waals surface area contributed by atoms with Gasteiger partial charge in [-0.15, -0.1) is 0 Å². The molecule has 0 aromatic heterocycles. The summed E-state index contributed by atoms with van der Waals surface area (Å²) in [6.07, 6.45) is 1.81. The Morgan fingerprint density at radius 2 is 1.83 bits per heavy atom. The molecule has 0 radical (unpaired) electrons. The second-order valence-electron chi connectivity index (χ2n) is 12.7. The summed E-state index contributed by atoms with van der Waals surface area (Å²) in [5.41, 5.74) is 4.05. The van der Waals surface area contributed by atoms with Gasteiger partial charge >= 0.3 is 6.09 Å². The first-order chi connectivity index (χ1) is 22.3. The van der Waals surface area contributed by atoms with Gasteiger partial charge in [0.05, 0.1) is 23.7 Å². The predicted molar refractivity (Wildman–Crippen MR) is 172 cm³/mol. The molecule has 2 N–H and O–H groups in total. The fraction of sp³-hybridized carbons (Fsp3) is 0.429. The zero-order valence-electron chi connectivity index (χ0n) is 26.9. The van der Waals surface area contributed by atoms with Crippen LogP contribution >= 0.6 is 11.6 Å². The summed E-state index contributed by atoms with van der Waals surface area (Å²) in [6.45, 7) is 5.98. The maximum atomic E-state index is 16.4. The van der Waals surface area contributed by atoms with E-state index in [0.717, 1.165) is 25.3 Å². The summed E-state index contributed by atoms with van der Waals surface area (Å²) >= 11 is 6.58. The van der Waals surface area contributed by atoms with Crippen LogP contribution in [0, 0.1) is 11.6 Å². The molecule has 0 bridgehead atoms. The van der Waals surface area contributed by atoms with Gasteiger partial charge in [-0.1, -0.05) is 41.9 Å². The zero-order chi connectivity index (χ0) is 33.9. The van der Waals surface area contributed by atoms with Gasteiger partial charge in [-0.2, -0.15) is 0 Å². The van der Waals surface area contributed by atoms with Crippen LogP contribution in [-0.4, -0.2) is 62.2 Å².